The molecule has 0 saturated heterocycles. The molecule has 0 bridgehead atoms. The molecule has 5 heteroatoms. The van der Waals surface area contributed by atoms with Crippen LogP contribution < -0.4 is 10.5 Å². The predicted molar refractivity (Wildman–Crippen MR) is 90.1 cm³/mol. The highest BCUT2D eigenvalue weighted by atomic mass is 16.5. The lowest BCUT2D eigenvalue weighted by Crippen LogP contribution is -2.40. The second-order valence-corrected chi connectivity index (χ2v) is 6.47. The number of primary amides is 1. The van der Waals surface area contributed by atoms with Gasteiger partial charge in [0.05, 0.1) is 6.10 Å². The van der Waals surface area contributed by atoms with Crippen LogP contribution >= 0.6 is 0 Å². The third-order valence-electron chi connectivity index (χ3n) is 4.26. The van der Waals surface area contributed by atoms with Crippen molar-refractivity contribution >= 4 is 5.91 Å². The van der Waals surface area contributed by atoms with Crippen molar-refractivity contribution in [2.24, 2.45) is 5.73 Å². The van der Waals surface area contributed by atoms with Gasteiger partial charge in [0.25, 0.3) is 5.91 Å². The number of nitrogens with zero attached hydrogens (tertiary/aromatic N) is 1. The normalized spacial score (nSPS) is 17.2. The molecule has 1 aliphatic carbocycles. The first-order valence-corrected chi connectivity index (χ1v) is 8.47. The first-order chi connectivity index (χ1) is 11.0. The Morgan fingerprint density at radius 2 is 2.13 bits per heavy atom. The first-order valence-electron chi connectivity index (χ1n) is 8.47. The Morgan fingerprint density at radius 1 is 1.39 bits per heavy atom. The van der Waals surface area contributed by atoms with Crippen LogP contribution in [0.2, 0.25) is 0 Å². The average molecular weight is 320 g/mol. The third kappa shape index (κ3) is 6.20. The van der Waals surface area contributed by atoms with E-state index in [1.165, 1.54) is 32.1 Å². The minimum Gasteiger partial charge on any atom is -0.484 e. The minimum atomic E-state index is -0.478. The second-order valence-electron chi connectivity index (χ2n) is 6.47. The van der Waals surface area contributed by atoms with E-state index in [1.807, 2.05) is 25.1 Å². The molecule has 1 aromatic carbocycles. The number of aliphatic hydroxyl groups is 1. The summed E-state index contributed by atoms with van der Waals surface area (Å²) >= 11 is 0. The highest BCUT2D eigenvalue weighted by Crippen LogP contribution is 2.25. The molecule has 5 nitrogen and oxygen atoms in total. The minimum absolute atomic E-state index is 0.108. The van der Waals surface area contributed by atoms with Gasteiger partial charge in [-0.05, 0) is 37.5 Å². The van der Waals surface area contributed by atoms with E-state index in [2.05, 4.69) is 11.0 Å². The number of nitrogens with two attached hydrogens (primary N) is 1. The Kier molecular flexibility index (Phi) is 6.86. The van der Waals surface area contributed by atoms with Crippen molar-refractivity contribution in [3.05, 3.63) is 29.8 Å². The van der Waals surface area contributed by atoms with Gasteiger partial charge in [0.15, 0.2) is 6.61 Å². The summed E-state index contributed by atoms with van der Waals surface area (Å²) in [6, 6.07) is 8.28. The molecule has 0 aromatic heterocycles. The van der Waals surface area contributed by atoms with E-state index in [9.17, 15) is 9.90 Å². The number of carbonyl (C=O) groups excluding carboxylic acids is 1. The number of carbonyl (C=O) groups is 1. The van der Waals surface area contributed by atoms with Crippen LogP contribution in [0, 0.1) is 0 Å². The standard InChI is InChI=1S/C18H28N2O3/c1-14(21)11-20(16-7-3-2-4-8-16)12-15-6-5-9-17(10-15)23-13-18(19)22/h5-6,9-10,14,16,21H,2-4,7-8,11-13H2,1H3,(H2,19,22). The molecule has 1 aliphatic rings. The largest absolute Gasteiger partial charge is 0.484 e. The van der Waals surface area contributed by atoms with Crippen LogP contribution in [0.3, 0.4) is 0 Å². The van der Waals surface area contributed by atoms with Crippen molar-refractivity contribution in [1.82, 2.24) is 4.90 Å². The van der Waals surface area contributed by atoms with Gasteiger partial charge >= 0.3 is 0 Å². The number of benzene rings is 1. The molecule has 0 heterocycles. The number of hydrogen-bond donors (Lipinski definition) is 2. The van der Waals surface area contributed by atoms with Crippen LogP contribution in [-0.2, 0) is 11.3 Å². The Morgan fingerprint density at radius 3 is 2.78 bits per heavy atom. The van der Waals surface area contributed by atoms with Gasteiger partial charge in [-0.3, -0.25) is 9.69 Å². The number of amides is 1. The Labute approximate surface area is 138 Å². The number of aliphatic hydroxyl groups excluding tert-OH is 1. The van der Waals surface area contributed by atoms with E-state index in [-0.39, 0.29) is 12.7 Å². The smallest absolute Gasteiger partial charge is 0.255 e. The Bertz CT molecular complexity index is 499. The summed E-state index contributed by atoms with van der Waals surface area (Å²) in [5.41, 5.74) is 6.23. The van der Waals surface area contributed by atoms with Crippen molar-refractivity contribution in [3.8, 4) is 5.75 Å². The fourth-order valence-corrected chi connectivity index (χ4v) is 3.25. The third-order valence-corrected chi connectivity index (χ3v) is 4.26. The molecule has 1 saturated carbocycles. The maximum Gasteiger partial charge on any atom is 0.255 e. The molecular formula is C18H28N2O3. The lowest BCUT2D eigenvalue weighted by molar-refractivity contribution is -0.119. The highest BCUT2D eigenvalue weighted by Gasteiger charge is 2.22. The van der Waals surface area contributed by atoms with Crippen molar-refractivity contribution in [3.63, 3.8) is 0 Å². The summed E-state index contributed by atoms with van der Waals surface area (Å²) in [6.07, 6.45) is 5.90. The Balaban J connectivity index is 2.02. The van der Waals surface area contributed by atoms with E-state index in [4.69, 9.17) is 10.5 Å². The molecule has 3 N–H and O–H groups in total. The summed E-state index contributed by atoms with van der Waals surface area (Å²) in [6.45, 7) is 3.19. The summed E-state index contributed by atoms with van der Waals surface area (Å²) < 4.78 is 5.37. The topological polar surface area (TPSA) is 75.8 Å². The molecule has 128 valence electrons. The van der Waals surface area contributed by atoms with Gasteiger partial charge in [0.1, 0.15) is 5.75 Å². The van der Waals surface area contributed by atoms with Crippen molar-refractivity contribution < 1.29 is 14.6 Å². The van der Waals surface area contributed by atoms with E-state index >= 15 is 0 Å². The van der Waals surface area contributed by atoms with E-state index in [1.54, 1.807) is 0 Å². The maximum atomic E-state index is 10.8. The molecule has 0 aliphatic heterocycles. The van der Waals surface area contributed by atoms with Gasteiger partial charge < -0.3 is 15.6 Å². The van der Waals surface area contributed by atoms with Gasteiger partial charge in [-0.2, -0.15) is 0 Å². The molecule has 1 unspecified atom stereocenters. The van der Waals surface area contributed by atoms with E-state index in [0.29, 0.717) is 18.3 Å². The summed E-state index contributed by atoms with van der Waals surface area (Å²) in [5.74, 6) is 0.176. The van der Waals surface area contributed by atoms with Crippen LogP contribution in [0.15, 0.2) is 24.3 Å². The fourth-order valence-electron chi connectivity index (χ4n) is 3.25. The van der Waals surface area contributed by atoms with E-state index in [0.717, 1.165) is 12.1 Å². The van der Waals surface area contributed by atoms with Gasteiger partial charge in [-0.25, -0.2) is 0 Å². The lowest BCUT2D eigenvalue weighted by Gasteiger charge is -2.35. The van der Waals surface area contributed by atoms with Gasteiger partial charge in [-0.1, -0.05) is 31.4 Å². The van der Waals surface area contributed by atoms with Crippen molar-refractivity contribution in [2.75, 3.05) is 13.2 Å². The van der Waals surface area contributed by atoms with Crippen molar-refractivity contribution in [1.29, 1.82) is 0 Å². The van der Waals surface area contributed by atoms with Crippen LogP contribution in [0.4, 0.5) is 0 Å². The zero-order valence-electron chi connectivity index (χ0n) is 13.9. The van der Waals surface area contributed by atoms with Gasteiger partial charge in [0, 0.05) is 19.1 Å². The molecule has 2 rings (SSSR count). The summed E-state index contributed by atoms with van der Waals surface area (Å²) in [5, 5.41) is 9.81. The van der Waals surface area contributed by atoms with Crippen LogP contribution in [0.5, 0.6) is 5.75 Å². The number of hydrogen-bond acceptors (Lipinski definition) is 4. The number of ether oxygens (including phenoxy) is 1. The monoisotopic (exact) mass is 320 g/mol. The second kappa shape index (κ2) is 8.89. The lowest BCUT2D eigenvalue weighted by atomic mass is 9.93. The molecular weight excluding hydrogens is 292 g/mol. The molecule has 23 heavy (non-hydrogen) atoms. The summed E-state index contributed by atoms with van der Waals surface area (Å²) in [4.78, 5) is 13.2. The molecule has 0 radical (unpaired) electrons. The maximum absolute atomic E-state index is 10.8. The van der Waals surface area contributed by atoms with Gasteiger partial charge in [-0.15, -0.1) is 0 Å². The molecule has 1 fully saturated rings. The average Bonchev–Trinajstić information content (AvgIpc) is 2.53. The zero-order chi connectivity index (χ0) is 16.7. The Hall–Kier alpha value is -1.59. The fraction of sp³-hybridized carbons (Fsp3) is 0.611. The predicted octanol–water partition coefficient (Wildman–Crippen LogP) is 2.07. The SMILES string of the molecule is CC(O)CN(Cc1cccc(OCC(N)=O)c1)C1CCCCC1. The van der Waals surface area contributed by atoms with Crippen LogP contribution in [0.1, 0.15) is 44.6 Å². The van der Waals surface area contributed by atoms with E-state index < -0.39 is 5.91 Å². The molecule has 1 atom stereocenters. The molecule has 1 amide bonds. The number of rotatable bonds is 8. The summed E-state index contributed by atoms with van der Waals surface area (Å²) in [7, 11) is 0. The van der Waals surface area contributed by atoms with Crippen molar-refractivity contribution in [2.45, 2.75) is 57.7 Å². The van der Waals surface area contributed by atoms with Crippen LogP contribution in [-0.4, -0.2) is 41.2 Å². The quantitative estimate of drug-likeness (QED) is 0.769. The van der Waals surface area contributed by atoms with Gasteiger partial charge in [0.2, 0.25) is 0 Å². The molecule has 1 aromatic rings. The first kappa shape index (κ1) is 17.8. The van der Waals surface area contributed by atoms with Crippen LogP contribution in [0.25, 0.3) is 0 Å². The highest BCUT2D eigenvalue weighted by molar-refractivity contribution is 5.75. The molecule has 0 spiro atoms. The zero-order valence-corrected chi connectivity index (χ0v) is 13.9.